The summed E-state index contributed by atoms with van der Waals surface area (Å²) in [5.41, 5.74) is 3.38. The minimum Gasteiger partial charge on any atom is -0.298 e. The third-order valence-corrected chi connectivity index (χ3v) is 7.13. The Morgan fingerprint density at radius 3 is 2.43 bits per heavy atom. The number of rotatable bonds is 5. The molecule has 0 atom stereocenters. The zero-order chi connectivity index (χ0) is 20.5. The largest absolute Gasteiger partial charge is 0.298 e. The molecule has 0 saturated carbocycles. The van der Waals surface area contributed by atoms with Crippen LogP contribution in [0.25, 0.3) is 11.3 Å². The van der Waals surface area contributed by atoms with Crippen LogP contribution in [-0.2, 0) is 10.0 Å². The molecule has 0 radical (unpaired) electrons. The molecule has 0 unspecified atom stereocenters. The van der Waals surface area contributed by atoms with E-state index in [1.165, 1.54) is 31.5 Å². The predicted molar refractivity (Wildman–Crippen MR) is 112 cm³/mol. The van der Waals surface area contributed by atoms with Gasteiger partial charge in [-0.25, -0.2) is 17.7 Å². The van der Waals surface area contributed by atoms with Gasteiger partial charge in [0.05, 0.1) is 10.6 Å². The van der Waals surface area contributed by atoms with Crippen LogP contribution < -0.4 is 5.32 Å². The van der Waals surface area contributed by atoms with Crippen molar-refractivity contribution in [1.29, 1.82) is 0 Å². The molecule has 6 nitrogen and oxygen atoms in total. The molecule has 0 saturated heterocycles. The van der Waals surface area contributed by atoms with Gasteiger partial charge in [0.15, 0.2) is 5.13 Å². The van der Waals surface area contributed by atoms with E-state index < -0.39 is 15.9 Å². The highest BCUT2D eigenvalue weighted by Gasteiger charge is 2.23. The number of anilines is 1. The van der Waals surface area contributed by atoms with Crippen LogP contribution in [0.4, 0.5) is 5.13 Å². The summed E-state index contributed by atoms with van der Waals surface area (Å²) >= 11 is 1.32. The van der Waals surface area contributed by atoms with Gasteiger partial charge in [0.1, 0.15) is 0 Å². The maximum absolute atomic E-state index is 12.7. The Bertz CT molecular complexity index is 1120. The van der Waals surface area contributed by atoms with Gasteiger partial charge in [0, 0.05) is 30.6 Å². The molecule has 1 N–H and O–H groups in total. The second-order valence-corrected chi connectivity index (χ2v) is 9.54. The maximum Gasteiger partial charge on any atom is 0.257 e. The van der Waals surface area contributed by atoms with Gasteiger partial charge in [-0.2, -0.15) is 0 Å². The van der Waals surface area contributed by atoms with E-state index in [4.69, 9.17) is 0 Å². The Balaban J connectivity index is 1.90. The highest BCUT2D eigenvalue weighted by atomic mass is 32.2. The lowest BCUT2D eigenvalue weighted by Gasteiger charge is -2.16. The molecule has 146 valence electrons. The Hall–Kier alpha value is -2.55. The number of hydrogen-bond donors (Lipinski definition) is 1. The zero-order valence-electron chi connectivity index (χ0n) is 16.1. The molecule has 0 aliphatic heterocycles. The summed E-state index contributed by atoms with van der Waals surface area (Å²) < 4.78 is 26.3. The lowest BCUT2D eigenvalue weighted by Crippen LogP contribution is -2.24. The molecular weight excluding hydrogens is 394 g/mol. The Morgan fingerprint density at radius 2 is 1.79 bits per heavy atom. The minimum absolute atomic E-state index is 0.131. The van der Waals surface area contributed by atoms with E-state index in [1.807, 2.05) is 35.7 Å². The highest BCUT2D eigenvalue weighted by Crippen LogP contribution is 2.27. The van der Waals surface area contributed by atoms with E-state index in [2.05, 4.69) is 10.3 Å². The lowest BCUT2D eigenvalue weighted by molar-refractivity contribution is 0.102. The van der Waals surface area contributed by atoms with Crippen molar-refractivity contribution < 1.29 is 13.2 Å². The Kier molecular flexibility index (Phi) is 5.64. The number of thiazole rings is 1. The maximum atomic E-state index is 12.7. The van der Waals surface area contributed by atoms with Gasteiger partial charge in [-0.05, 0) is 37.1 Å². The SMILES string of the molecule is Cc1cc(C(=O)Nc2nc(-c3ccccc3)cs2)cc(S(=O)(=O)N(C)C)c1C. The standard InChI is InChI=1S/C20H21N3O3S2/c1-13-10-16(11-18(14(13)2)28(25,26)23(3)4)19(24)22-20-21-17(12-27-20)15-8-6-5-7-9-15/h5-12H,1-4H3,(H,21,22,24). The number of amides is 1. The predicted octanol–water partition coefficient (Wildman–Crippen LogP) is 3.93. The summed E-state index contributed by atoms with van der Waals surface area (Å²) in [6.45, 7) is 3.53. The molecule has 3 aromatic rings. The van der Waals surface area contributed by atoms with Gasteiger partial charge in [0.25, 0.3) is 5.91 Å². The van der Waals surface area contributed by atoms with Crippen LogP contribution in [0.5, 0.6) is 0 Å². The van der Waals surface area contributed by atoms with Gasteiger partial charge in [-0.15, -0.1) is 11.3 Å². The fourth-order valence-electron chi connectivity index (χ4n) is 2.66. The normalized spacial score (nSPS) is 11.6. The molecule has 1 aromatic heterocycles. The Labute approximate surface area is 168 Å². The number of nitrogens with one attached hydrogen (secondary N) is 1. The van der Waals surface area contributed by atoms with Crippen LogP contribution in [0, 0.1) is 13.8 Å². The van der Waals surface area contributed by atoms with Crippen LogP contribution in [0.3, 0.4) is 0 Å². The first-order valence-corrected chi connectivity index (χ1v) is 10.9. The molecular formula is C20H21N3O3S2. The summed E-state index contributed by atoms with van der Waals surface area (Å²) in [5.74, 6) is -0.396. The molecule has 0 spiro atoms. The highest BCUT2D eigenvalue weighted by molar-refractivity contribution is 7.89. The molecule has 0 fully saturated rings. The fraction of sp³-hybridized carbons (Fsp3) is 0.200. The molecule has 1 heterocycles. The van der Waals surface area contributed by atoms with Crippen molar-refractivity contribution in [1.82, 2.24) is 9.29 Å². The van der Waals surface area contributed by atoms with Crippen LogP contribution in [-0.4, -0.2) is 37.7 Å². The van der Waals surface area contributed by atoms with E-state index >= 15 is 0 Å². The van der Waals surface area contributed by atoms with E-state index in [0.29, 0.717) is 10.7 Å². The van der Waals surface area contributed by atoms with Crippen molar-refractivity contribution in [3.63, 3.8) is 0 Å². The van der Waals surface area contributed by atoms with Crippen molar-refractivity contribution in [2.75, 3.05) is 19.4 Å². The molecule has 0 aliphatic rings. The third kappa shape index (κ3) is 3.99. The minimum atomic E-state index is -3.65. The second-order valence-electron chi connectivity index (χ2n) is 6.56. The molecule has 1 amide bonds. The summed E-state index contributed by atoms with van der Waals surface area (Å²) in [6, 6.07) is 12.8. The van der Waals surface area contributed by atoms with Gasteiger partial charge in [-0.3, -0.25) is 10.1 Å². The van der Waals surface area contributed by atoms with Crippen LogP contribution in [0.15, 0.2) is 52.7 Å². The smallest absolute Gasteiger partial charge is 0.257 e. The molecule has 3 rings (SSSR count). The lowest BCUT2D eigenvalue weighted by atomic mass is 10.1. The Morgan fingerprint density at radius 1 is 1.11 bits per heavy atom. The van der Waals surface area contributed by atoms with Crippen LogP contribution in [0.1, 0.15) is 21.5 Å². The van der Waals surface area contributed by atoms with E-state index in [0.717, 1.165) is 21.1 Å². The molecule has 28 heavy (non-hydrogen) atoms. The summed E-state index contributed by atoms with van der Waals surface area (Å²) in [5, 5.41) is 5.09. The fourth-order valence-corrected chi connectivity index (χ4v) is 4.60. The van der Waals surface area contributed by atoms with Gasteiger partial charge >= 0.3 is 0 Å². The molecule has 2 aromatic carbocycles. The van der Waals surface area contributed by atoms with Crippen molar-refractivity contribution in [3.05, 3.63) is 64.5 Å². The number of aryl methyl sites for hydroxylation is 1. The zero-order valence-corrected chi connectivity index (χ0v) is 17.7. The van der Waals surface area contributed by atoms with Crippen molar-refractivity contribution in [2.45, 2.75) is 18.7 Å². The van der Waals surface area contributed by atoms with E-state index in [1.54, 1.807) is 19.9 Å². The first kappa shape index (κ1) is 20.2. The van der Waals surface area contributed by atoms with E-state index in [-0.39, 0.29) is 10.5 Å². The summed E-state index contributed by atoms with van der Waals surface area (Å²) in [7, 11) is -0.711. The van der Waals surface area contributed by atoms with Gasteiger partial charge in [0.2, 0.25) is 10.0 Å². The number of sulfonamides is 1. The van der Waals surface area contributed by atoms with Crippen molar-refractivity contribution >= 4 is 32.4 Å². The number of carbonyl (C=O) groups excluding carboxylic acids is 1. The second kappa shape index (κ2) is 7.83. The van der Waals surface area contributed by atoms with Gasteiger partial charge < -0.3 is 0 Å². The van der Waals surface area contributed by atoms with Crippen LogP contribution in [0.2, 0.25) is 0 Å². The average Bonchev–Trinajstić information content (AvgIpc) is 3.12. The number of hydrogen-bond acceptors (Lipinski definition) is 5. The number of nitrogens with zero attached hydrogens (tertiary/aromatic N) is 2. The quantitative estimate of drug-likeness (QED) is 0.685. The number of benzene rings is 2. The molecule has 8 heteroatoms. The summed E-state index contributed by atoms with van der Waals surface area (Å²) in [4.78, 5) is 17.3. The molecule has 0 aliphatic carbocycles. The van der Waals surface area contributed by atoms with Gasteiger partial charge in [-0.1, -0.05) is 30.3 Å². The first-order chi connectivity index (χ1) is 13.2. The average molecular weight is 416 g/mol. The van der Waals surface area contributed by atoms with Crippen molar-refractivity contribution in [3.8, 4) is 11.3 Å². The summed E-state index contributed by atoms with van der Waals surface area (Å²) in [6.07, 6.45) is 0. The molecule has 0 bridgehead atoms. The van der Waals surface area contributed by atoms with E-state index in [9.17, 15) is 13.2 Å². The third-order valence-electron chi connectivity index (χ3n) is 4.43. The number of carbonyl (C=O) groups is 1. The first-order valence-electron chi connectivity index (χ1n) is 8.56. The monoisotopic (exact) mass is 415 g/mol. The van der Waals surface area contributed by atoms with Crippen LogP contribution >= 0.6 is 11.3 Å². The van der Waals surface area contributed by atoms with Crippen molar-refractivity contribution in [2.24, 2.45) is 0 Å². The topological polar surface area (TPSA) is 79.4 Å². The number of aromatic nitrogens is 1.